The molecule has 1 aromatic carbocycles. The summed E-state index contributed by atoms with van der Waals surface area (Å²) in [5.74, 6) is 3.29. The van der Waals surface area contributed by atoms with E-state index in [-0.39, 0.29) is 0 Å². The lowest BCUT2D eigenvalue weighted by molar-refractivity contribution is 0.413. The van der Waals surface area contributed by atoms with Crippen LogP contribution >= 0.6 is 0 Å². The molecular weight excluding hydrogens is 150 g/mol. The van der Waals surface area contributed by atoms with E-state index >= 15 is 0 Å². The van der Waals surface area contributed by atoms with E-state index in [1.165, 1.54) is 0 Å². The third-order valence-corrected chi connectivity index (χ3v) is 1.64. The highest BCUT2D eigenvalue weighted by Gasteiger charge is 1.99. The molecule has 0 bridgehead atoms. The first-order valence-electron chi connectivity index (χ1n) is 3.64. The Morgan fingerprint density at radius 1 is 1.50 bits per heavy atom. The molecule has 0 atom stereocenters. The van der Waals surface area contributed by atoms with Crippen LogP contribution in [0.1, 0.15) is 5.56 Å². The normalized spacial score (nSPS) is 8.75. The zero-order valence-electron chi connectivity index (χ0n) is 7.22. The molecule has 0 spiro atoms. The Kier molecular flexibility index (Phi) is 2.60. The number of benzene rings is 1. The number of terminal acetylenes is 1. The first-order chi connectivity index (χ1) is 5.81. The van der Waals surface area contributed by atoms with E-state index in [0.29, 0.717) is 0 Å². The van der Waals surface area contributed by atoms with Crippen LogP contribution in [0.15, 0.2) is 18.2 Å². The van der Waals surface area contributed by atoms with Crippen molar-refractivity contribution in [3.05, 3.63) is 23.8 Å². The van der Waals surface area contributed by atoms with Gasteiger partial charge in [0, 0.05) is 12.7 Å². The van der Waals surface area contributed by atoms with Crippen LogP contribution in [0.5, 0.6) is 5.75 Å². The lowest BCUT2D eigenvalue weighted by Crippen LogP contribution is -1.91. The largest absolute Gasteiger partial charge is 0.495 e. The van der Waals surface area contributed by atoms with Gasteiger partial charge in [-0.15, -0.1) is 6.42 Å². The van der Waals surface area contributed by atoms with E-state index in [1.807, 2.05) is 25.2 Å². The second kappa shape index (κ2) is 3.68. The molecular formula is C10H11NO. The summed E-state index contributed by atoms with van der Waals surface area (Å²) in [7, 11) is 3.46. The number of rotatable bonds is 2. The van der Waals surface area contributed by atoms with Gasteiger partial charge in [-0.25, -0.2) is 0 Å². The predicted molar refractivity (Wildman–Crippen MR) is 50.5 cm³/mol. The van der Waals surface area contributed by atoms with Gasteiger partial charge in [-0.3, -0.25) is 0 Å². The summed E-state index contributed by atoms with van der Waals surface area (Å²) in [6.07, 6.45) is 5.29. The van der Waals surface area contributed by atoms with Crippen molar-refractivity contribution < 1.29 is 4.74 Å². The molecule has 62 valence electrons. The van der Waals surface area contributed by atoms with Gasteiger partial charge in [0.25, 0.3) is 0 Å². The third kappa shape index (κ3) is 1.51. The summed E-state index contributed by atoms with van der Waals surface area (Å²) in [6.45, 7) is 0. The molecule has 0 aromatic heterocycles. The van der Waals surface area contributed by atoms with Crippen LogP contribution in [-0.2, 0) is 0 Å². The molecule has 0 heterocycles. The molecule has 0 aliphatic rings. The zero-order valence-corrected chi connectivity index (χ0v) is 7.22. The average Bonchev–Trinajstić information content (AvgIpc) is 2.16. The fraction of sp³-hybridized carbons (Fsp3) is 0.200. The van der Waals surface area contributed by atoms with E-state index < -0.39 is 0 Å². The molecule has 0 saturated heterocycles. The molecule has 1 aromatic rings. The Labute approximate surface area is 72.6 Å². The van der Waals surface area contributed by atoms with Crippen LogP contribution in [-0.4, -0.2) is 14.2 Å². The zero-order chi connectivity index (χ0) is 8.97. The van der Waals surface area contributed by atoms with Gasteiger partial charge in [-0.2, -0.15) is 0 Å². The molecule has 0 unspecified atom stereocenters. The average molecular weight is 161 g/mol. The molecule has 0 saturated carbocycles. The minimum atomic E-state index is 0.733. The summed E-state index contributed by atoms with van der Waals surface area (Å²) in [6, 6.07) is 5.64. The van der Waals surface area contributed by atoms with Crippen LogP contribution in [0, 0.1) is 12.3 Å². The number of nitrogens with one attached hydrogen (secondary N) is 1. The van der Waals surface area contributed by atoms with Crippen LogP contribution in [0.25, 0.3) is 0 Å². The molecule has 1 rings (SSSR count). The molecule has 12 heavy (non-hydrogen) atoms. The topological polar surface area (TPSA) is 21.3 Å². The van der Waals surface area contributed by atoms with E-state index in [1.54, 1.807) is 7.11 Å². The molecule has 1 N–H and O–H groups in total. The minimum Gasteiger partial charge on any atom is -0.495 e. The lowest BCUT2D eigenvalue weighted by Gasteiger charge is -2.05. The van der Waals surface area contributed by atoms with E-state index in [4.69, 9.17) is 11.2 Å². The van der Waals surface area contributed by atoms with Gasteiger partial charge < -0.3 is 10.1 Å². The minimum absolute atomic E-state index is 0.733. The maximum absolute atomic E-state index is 5.29. The van der Waals surface area contributed by atoms with Crippen LogP contribution in [0.4, 0.5) is 5.69 Å². The van der Waals surface area contributed by atoms with Crippen molar-refractivity contribution in [2.75, 3.05) is 19.5 Å². The van der Waals surface area contributed by atoms with E-state index in [0.717, 1.165) is 17.0 Å². The molecule has 0 radical (unpaired) electrons. The van der Waals surface area contributed by atoms with Crippen molar-refractivity contribution in [3.8, 4) is 18.1 Å². The monoisotopic (exact) mass is 161 g/mol. The molecule has 0 aliphatic heterocycles. The number of methoxy groups -OCH3 is 1. The van der Waals surface area contributed by atoms with Gasteiger partial charge in [0.2, 0.25) is 0 Å². The predicted octanol–water partition coefficient (Wildman–Crippen LogP) is 1.72. The van der Waals surface area contributed by atoms with E-state index in [9.17, 15) is 0 Å². The fourth-order valence-corrected chi connectivity index (χ4v) is 0.976. The van der Waals surface area contributed by atoms with Gasteiger partial charge >= 0.3 is 0 Å². The second-order valence-corrected chi connectivity index (χ2v) is 2.31. The fourth-order valence-electron chi connectivity index (χ4n) is 0.976. The molecule has 0 aliphatic carbocycles. The van der Waals surface area contributed by atoms with E-state index in [2.05, 4.69) is 11.2 Å². The third-order valence-electron chi connectivity index (χ3n) is 1.64. The molecule has 0 amide bonds. The molecule has 0 fully saturated rings. The number of hydrogen-bond donors (Lipinski definition) is 1. The summed E-state index contributed by atoms with van der Waals surface area (Å²) in [4.78, 5) is 0. The maximum Gasteiger partial charge on any atom is 0.134 e. The standard InChI is InChI=1S/C10H11NO/c1-4-8-7-9(11-2)5-6-10(8)12-3/h1,5-7,11H,2-3H3. The smallest absolute Gasteiger partial charge is 0.134 e. The van der Waals surface area contributed by atoms with Gasteiger partial charge in [0.05, 0.1) is 12.7 Å². The number of anilines is 1. The first-order valence-corrected chi connectivity index (χ1v) is 3.64. The van der Waals surface area contributed by atoms with Crippen molar-refractivity contribution in [2.45, 2.75) is 0 Å². The van der Waals surface area contributed by atoms with Crippen molar-refractivity contribution >= 4 is 5.69 Å². The number of hydrogen-bond acceptors (Lipinski definition) is 2. The summed E-state index contributed by atoms with van der Waals surface area (Å²) >= 11 is 0. The van der Waals surface area contributed by atoms with Gasteiger partial charge in [0.15, 0.2) is 0 Å². The summed E-state index contributed by atoms with van der Waals surface area (Å²) < 4.78 is 5.07. The number of ether oxygens (including phenoxy) is 1. The maximum atomic E-state index is 5.29. The van der Waals surface area contributed by atoms with Crippen molar-refractivity contribution in [1.82, 2.24) is 0 Å². The quantitative estimate of drug-likeness (QED) is 0.667. The Bertz CT molecular complexity index is 312. The SMILES string of the molecule is C#Cc1cc(NC)ccc1OC. The van der Waals surface area contributed by atoms with Crippen molar-refractivity contribution in [1.29, 1.82) is 0 Å². The Hall–Kier alpha value is -1.62. The lowest BCUT2D eigenvalue weighted by atomic mass is 10.2. The van der Waals surface area contributed by atoms with Gasteiger partial charge in [-0.1, -0.05) is 5.92 Å². The van der Waals surface area contributed by atoms with Crippen molar-refractivity contribution in [2.24, 2.45) is 0 Å². The highest BCUT2D eigenvalue weighted by molar-refractivity contribution is 5.56. The van der Waals surface area contributed by atoms with Crippen LogP contribution in [0.2, 0.25) is 0 Å². The summed E-state index contributed by atoms with van der Waals surface area (Å²) in [5, 5.41) is 3.00. The van der Waals surface area contributed by atoms with Gasteiger partial charge in [-0.05, 0) is 18.2 Å². The van der Waals surface area contributed by atoms with Crippen LogP contribution < -0.4 is 10.1 Å². The second-order valence-electron chi connectivity index (χ2n) is 2.31. The Morgan fingerprint density at radius 2 is 2.25 bits per heavy atom. The summed E-state index contributed by atoms with van der Waals surface area (Å²) in [5.41, 5.74) is 1.76. The Morgan fingerprint density at radius 3 is 2.75 bits per heavy atom. The van der Waals surface area contributed by atoms with Gasteiger partial charge in [0.1, 0.15) is 5.75 Å². The van der Waals surface area contributed by atoms with Crippen LogP contribution in [0.3, 0.4) is 0 Å². The molecule has 2 heteroatoms. The highest BCUT2D eigenvalue weighted by Crippen LogP contribution is 2.20. The first kappa shape index (κ1) is 8.48. The highest BCUT2D eigenvalue weighted by atomic mass is 16.5. The molecule has 2 nitrogen and oxygen atoms in total. The Balaban J connectivity index is 3.13. The van der Waals surface area contributed by atoms with Crippen molar-refractivity contribution in [3.63, 3.8) is 0 Å².